The van der Waals surface area contributed by atoms with Gasteiger partial charge in [-0.3, -0.25) is 4.79 Å². The quantitative estimate of drug-likeness (QED) is 0.836. The molecule has 0 bridgehead atoms. The number of anilines is 1. The second-order valence-electron chi connectivity index (χ2n) is 5.75. The van der Waals surface area contributed by atoms with E-state index in [9.17, 15) is 4.79 Å². The summed E-state index contributed by atoms with van der Waals surface area (Å²) >= 11 is 0. The Morgan fingerprint density at radius 3 is 2.84 bits per heavy atom. The van der Waals surface area contributed by atoms with Gasteiger partial charge >= 0.3 is 0 Å². The highest BCUT2D eigenvalue weighted by Crippen LogP contribution is 2.30. The Bertz CT molecular complexity index is 474. The molecule has 1 saturated carbocycles. The first-order valence-corrected chi connectivity index (χ1v) is 7.21. The van der Waals surface area contributed by atoms with Crippen LogP contribution in [0, 0.1) is 5.92 Å². The summed E-state index contributed by atoms with van der Waals surface area (Å²) < 4.78 is 5.54. The highest BCUT2D eigenvalue weighted by molar-refractivity contribution is 5.79. The molecule has 3 nitrogen and oxygen atoms in total. The molecular formula is C16H21NO2. The SMILES string of the molecule is CN(CC1CCC(=O)CC1)c1ccc2c(c1)CCO2. The summed E-state index contributed by atoms with van der Waals surface area (Å²) in [6, 6.07) is 6.47. The molecule has 0 N–H and O–H groups in total. The van der Waals surface area contributed by atoms with E-state index in [4.69, 9.17) is 4.74 Å². The number of hydrogen-bond donors (Lipinski definition) is 0. The van der Waals surface area contributed by atoms with Crippen LogP contribution in [0.4, 0.5) is 5.69 Å². The van der Waals surface area contributed by atoms with E-state index < -0.39 is 0 Å². The number of ether oxygens (including phenoxy) is 1. The normalized spacial score (nSPS) is 19.1. The molecule has 1 aliphatic heterocycles. The van der Waals surface area contributed by atoms with Crippen LogP contribution >= 0.6 is 0 Å². The molecule has 0 unspecified atom stereocenters. The fourth-order valence-electron chi connectivity index (χ4n) is 3.09. The predicted octanol–water partition coefficient (Wildman–Crippen LogP) is 2.82. The first-order valence-electron chi connectivity index (χ1n) is 7.21. The summed E-state index contributed by atoms with van der Waals surface area (Å²) in [5.41, 5.74) is 2.59. The van der Waals surface area contributed by atoms with Crippen LogP contribution in [0.3, 0.4) is 0 Å². The summed E-state index contributed by atoms with van der Waals surface area (Å²) in [5, 5.41) is 0. The number of ketones is 1. The van der Waals surface area contributed by atoms with Gasteiger partial charge < -0.3 is 9.64 Å². The lowest BCUT2D eigenvalue weighted by Gasteiger charge is -2.28. The third-order valence-corrected chi connectivity index (χ3v) is 4.31. The molecule has 1 aromatic carbocycles. The van der Waals surface area contributed by atoms with E-state index in [2.05, 4.69) is 30.1 Å². The summed E-state index contributed by atoms with van der Waals surface area (Å²) in [5.74, 6) is 2.14. The highest BCUT2D eigenvalue weighted by Gasteiger charge is 2.21. The number of benzene rings is 1. The maximum atomic E-state index is 11.3. The monoisotopic (exact) mass is 259 g/mol. The van der Waals surface area contributed by atoms with Crippen molar-refractivity contribution >= 4 is 11.5 Å². The van der Waals surface area contributed by atoms with Crippen molar-refractivity contribution in [3.63, 3.8) is 0 Å². The van der Waals surface area contributed by atoms with E-state index in [-0.39, 0.29) is 0 Å². The molecule has 3 rings (SSSR count). The molecule has 0 radical (unpaired) electrons. The largest absolute Gasteiger partial charge is 0.493 e. The van der Waals surface area contributed by atoms with Crippen molar-refractivity contribution in [3.05, 3.63) is 23.8 Å². The minimum Gasteiger partial charge on any atom is -0.493 e. The lowest BCUT2D eigenvalue weighted by Crippen LogP contribution is -2.28. The average molecular weight is 259 g/mol. The zero-order chi connectivity index (χ0) is 13.2. The van der Waals surface area contributed by atoms with Gasteiger partial charge in [-0.15, -0.1) is 0 Å². The zero-order valence-electron chi connectivity index (χ0n) is 11.5. The standard InChI is InChI=1S/C16H21NO2/c1-17(11-12-2-5-15(18)6-3-12)14-4-7-16-13(10-14)8-9-19-16/h4,7,10,12H,2-3,5-6,8-9,11H2,1H3. The molecule has 1 aromatic rings. The fraction of sp³-hybridized carbons (Fsp3) is 0.562. The second kappa shape index (κ2) is 5.24. The van der Waals surface area contributed by atoms with Crippen LogP contribution in [0.15, 0.2) is 18.2 Å². The maximum Gasteiger partial charge on any atom is 0.132 e. The number of nitrogens with zero attached hydrogens (tertiary/aromatic N) is 1. The van der Waals surface area contributed by atoms with Crippen molar-refractivity contribution in [3.8, 4) is 5.75 Å². The average Bonchev–Trinajstić information content (AvgIpc) is 2.88. The summed E-state index contributed by atoms with van der Waals surface area (Å²) in [7, 11) is 2.15. The Balaban J connectivity index is 1.63. The van der Waals surface area contributed by atoms with Gasteiger partial charge in [0.1, 0.15) is 11.5 Å². The smallest absolute Gasteiger partial charge is 0.132 e. The van der Waals surface area contributed by atoms with Crippen LogP contribution in [0.25, 0.3) is 0 Å². The van der Waals surface area contributed by atoms with Crippen molar-refractivity contribution in [1.29, 1.82) is 0 Å². The Kier molecular flexibility index (Phi) is 3.45. The molecule has 0 spiro atoms. The van der Waals surface area contributed by atoms with Crippen molar-refractivity contribution in [2.75, 3.05) is 25.1 Å². The molecule has 1 aliphatic carbocycles. The minimum atomic E-state index is 0.439. The fourth-order valence-corrected chi connectivity index (χ4v) is 3.09. The highest BCUT2D eigenvalue weighted by atomic mass is 16.5. The van der Waals surface area contributed by atoms with Crippen LogP contribution in [0.5, 0.6) is 5.75 Å². The molecule has 0 amide bonds. The minimum absolute atomic E-state index is 0.439. The van der Waals surface area contributed by atoms with Gasteiger partial charge in [0, 0.05) is 38.5 Å². The van der Waals surface area contributed by atoms with E-state index in [1.54, 1.807) is 0 Å². The molecule has 3 heteroatoms. The van der Waals surface area contributed by atoms with Crippen molar-refractivity contribution in [1.82, 2.24) is 0 Å². The van der Waals surface area contributed by atoms with Gasteiger partial charge in [-0.25, -0.2) is 0 Å². The Morgan fingerprint density at radius 1 is 1.26 bits per heavy atom. The van der Waals surface area contributed by atoms with Crippen LogP contribution in [0.1, 0.15) is 31.2 Å². The van der Waals surface area contributed by atoms with Gasteiger partial charge in [0.2, 0.25) is 0 Å². The van der Waals surface area contributed by atoms with Gasteiger partial charge in [0.25, 0.3) is 0 Å². The Morgan fingerprint density at radius 2 is 2.05 bits per heavy atom. The van der Waals surface area contributed by atoms with Crippen molar-refractivity contribution < 1.29 is 9.53 Å². The lowest BCUT2D eigenvalue weighted by atomic mass is 9.88. The molecule has 0 saturated heterocycles. The molecular weight excluding hydrogens is 238 g/mol. The molecule has 2 aliphatic rings. The second-order valence-corrected chi connectivity index (χ2v) is 5.75. The van der Waals surface area contributed by atoms with Gasteiger partial charge in [0.05, 0.1) is 6.61 Å². The van der Waals surface area contributed by atoms with E-state index >= 15 is 0 Å². The molecule has 0 atom stereocenters. The van der Waals surface area contributed by atoms with Crippen LogP contribution in [-0.2, 0) is 11.2 Å². The number of fused-ring (bicyclic) bond motifs is 1. The zero-order valence-corrected chi connectivity index (χ0v) is 11.5. The van der Waals surface area contributed by atoms with Gasteiger partial charge in [0.15, 0.2) is 0 Å². The van der Waals surface area contributed by atoms with Crippen LogP contribution in [-0.4, -0.2) is 26.0 Å². The topological polar surface area (TPSA) is 29.5 Å². The number of hydrogen-bond acceptors (Lipinski definition) is 3. The summed E-state index contributed by atoms with van der Waals surface area (Å²) in [6.45, 7) is 1.86. The van der Waals surface area contributed by atoms with Gasteiger partial charge in [-0.05, 0) is 42.5 Å². The number of Topliss-reactive ketones (excluding diaryl/α,β-unsaturated/α-hetero) is 1. The van der Waals surface area contributed by atoms with Crippen molar-refractivity contribution in [2.24, 2.45) is 5.92 Å². The first kappa shape index (κ1) is 12.5. The Labute approximate surface area is 114 Å². The maximum absolute atomic E-state index is 11.3. The molecule has 1 heterocycles. The third kappa shape index (κ3) is 2.75. The molecule has 19 heavy (non-hydrogen) atoms. The van der Waals surface area contributed by atoms with Crippen molar-refractivity contribution in [2.45, 2.75) is 32.1 Å². The van der Waals surface area contributed by atoms with E-state index in [1.165, 1.54) is 11.3 Å². The van der Waals surface area contributed by atoms with Crippen LogP contribution < -0.4 is 9.64 Å². The van der Waals surface area contributed by atoms with Gasteiger partial charge in [-0.1, -0.05) is 0 Å². The number of carbonyl (C=O) groups is 1. The summed E-state index contributed by atoms with van der Waals surface area (Å²) in [6.07, 6.45) is 4.68. The van der Waals surface area contributed by atoms with Crippen LogP contribution in [0.2, 0.25) is 0 Å². The molecule has 102 valence electrons. The van der Waals surface area contributed by atoms with E-state index in [1.807, 2.05) is 0 Å². The Hall–Kier alpha value is -1.51. The molecule has 0 aromatic heterocycles. The van der Waals surface area contributed by atoms with Gasteiger partial charge in [-0.2, -0.15) is 0 Å². The third-order valence-electron chi connectivity index (χ3n) is 4.31. The first-order chi connectivity index (χ1) is 9.22. The number of carbonyl (C=O) groups excluding carboxylic acids is 1. The summed E-state index contributed by atoms with van der Waals surface area (Å²) in [4.78, 5) is 13.6. The molecule has 1 fully saturated rings. The van der Waals surface area contributed by atoms with E-state index in [0.717, 1.165) is 51.0 Å². The lowest BCUT2D eigenvalue weighted by molar-refractivity contribution is -0.120. The predicted molar refractivity (Wildman–Crippen MR) is 75.9 cm³/mol. The van der Waals surface area contributed by atoms with E-state index in [0.29, 0.717) is 11.7 Å². The number of rotatable bonds is 3.